The maximum absolute atomic E-state index is 12.5. The summed E-state index contributed by atoms with van der Waals surface area (Å²) in [5.74, 6) is 0.155. The number of hydrogen-bond donors (Lipinski definition) is 2. The highest BCUT2D eigenvalue weighted by Crippen LogP contribution is 2.32. The van der Waals surface area contributed by atoms with Gasteiger partial charge in [-0.05, 0) is 23.7 Å². The van der Waals surface area contributed by atoms with Crippen molar-refractivity contribution >= 4 is 29.3 Å². The van der Waals surface area contributed by atoms with Gasteiger partial charge in [0, 0.05) is 58.3 Å². The molecule has 2 N–H and O–H groups in total. The lowest BCUT2D eigenvalue weighted by molar-refractivity contribution is -0.116. The number of nitrogens with zero attached hydrogens (tertiary/aromatic N) is 3. The van der Waals surface area contributed by atoms with Gasteiger partial charge in [-0.15, -0.1) is 6.58 Å². The molecule has 7 heteroatoms. The lowest BCUT2D eigenvalue weighted by atomic mass is 9.83. The zero-order chi connectivity index (χ0) is 21.3. The molecule has 1 aromatic carbocycles. The molecule has 2 aliphatic rings. The van der Waals surface area contributed by atoms with Gasteiger partial charge in [-0.3, -0.25) is 14.7 Å². The summed E-state index contributed by atoms with van der Waals surface area (Å²) in [7, 11) is 0. The minimum absolute atomic E-state index is 0.0366. The van der Waals surface area contributed by atoms with Crippen LogP contribution in [-0.2, 0) is 4.79 Å². The number of nitrogens with one attached hydrogen (secondary N) is 1. The van der Waals surface area contributed by atoms with Gasteiger partial charge in [0.1, 0.15) is 5.76 Å². The second-order valence-electron chi connectivity index (χ2n) is 7.64. The van der Waals surface area contributed by atoms with Gasteiger partial charge < -0.3 is 15.3 Å². The van der Waals surface area contributed by atoms with Gasteiger partial charge in [-0.1, -0.05) is 36.4 Å². The lowest BCUT2D eigenvalue weighted by Gasteiger charge is -2.35. The second kappa shape index (κ2) is 11.0. The standard InChI is InChI=1S/C23H30N4O2S/c1-2-8-25-23(30)27-13-11-26(12-14-27)10-9-24-17-20-21(28)15-19(16-22(20)29)18-6-4-3-5-7-18/h2-7,17,19,28H,1,8-16H2,(H,25,30). The average molecular weight is 427 g/mol. The highest BCUT2D eigenvalue weighted by atomic mass is 32.1. The average Bonchev–Trinajstić information content (AvgIpc) is 2.77. The van der Waals surface area contributed by atoms with Crippen LogP contribution in [0.2, 0.25) is 0 Å². The fourth-order valence-electron chi connectivity index (χ4n) is 3.82. The Morgan fingerprint density at radius 2 is 1.97 bits per heavy atom. The smallest absolute Gasteiger partial charge is 0.169 e. The third-order valence-corrected chi connectivity index (χ3v) is 5.98. The molecule has 6 nitrogen and oxygen atoms in total. The van der Waals surface area contributed by atoms with E-state index in [0.717, 1.165) is 43.4 Å². The molecular weight excluding hydrogens is 396 g/mol. The molecule has 1 saturated heterocycles. The largest absolute Gasteiger partial charge is 0.511 e. The van der Waals surface area contributed by atoms with Crippen LogP contribution in [0.15, 0.2) is 59.3 Å². The minimum Gasteiger partial charge on any atom is -0.511 e. The number of ketones is 1. The molecule has 1 aromatic rings. The number of piperazine rings is 1. The molecule has 0 bridgehead atoms. The van der Waals surface area contributed by atoms with E-state index in [0.29, 0.717) is 31.5 Å². The SMILES string of the molecule is C=CCNC(=S)N1CCN(CCN=CC2=C(O)CC(c3ccccc3)CC2=O)CC1. The molecule has 160 valence electrons. The number of allylic oxidation sites excluding steroid dienone is 2. The van der Waals surface area contributed by atoms with Gasteiger partial charge in [0.15, 0.2) is 10.9 Å². The van der Waals surface area contributed by atoms with E-state index < -0.39 is 0 Å². The number of rotatable bonds is 7. The number of aliphatic imine (C=N–C) groups is 1. The van der Waals surface area contributed by atoms with Crippen LogP contribution in [0, 0.1) is 0 Å². The topological polar surface area (TPSA) is 68.2 Å². The summed E-state index contributed by atoms with van der Waals surface area (Å²) >= 11 is 5.38. The van der Waals surface area contributed by atoms with Gasteiger partial charge in [0.2, 0.25) is 0 Å². The third-order valence-electron chi connectivity index (χ3n) is 5.58. The maximum Gasteiger partial charge on any atom is 0.169 e. The Morgan fingerprint density at radius 3 is 2.63 bits per heavy atom. The lowest BCUT2D eigenvalue weighted by Crippen LogP contribution is -2.52. The molecule has 1 unspecified atom stereocenters. The van der Waals surface area contributed by atoms with Gasteiger partial charge in [-0.2, -0.15) is 0 Å². The first kappa shape index (κ1) is 22.2. The molecule has 1 aliphatic heterocycles. The molecule has 0 amide bonds. The molecule has 0 spiro atoms. The van der Waals surface area contributed by atoms with E-state index in [1.54, 1.807) is 12.3 Å². The van der Waals surface area contributed by atoms with Gasteiger partial charge in [0.05, 0.1) is 12.1 Å². The fourth-order valence-corrected chi connectivity index (χ4v) is 4.08. The number of aliphatic hydroxyl groups excluding tert-OH is 1. The van der Waals surface area contributed by atoms with Crippen LogP contribution in [0.4, 0.5) is 0 Å². The number of thiocarbonyl (C=S) groups is 1. The van der Waals surface area contributed by atoms with E-state index in [4.69, 9.17) is 12.2 Å². The van der Waals surface area contributed by atoms with Crippen LogP contribution in [0.1, 0.15) is 24.3 Å². The number of carbonyl (C=O) groups excluding carboxylic acids is 1. The van der Waals surface area contributed by atoms with E-state index in [-0.39, 0.29) is 17.5 Å². The summed E-state index contributed by atoms with van der Waals surface area (Å²) in [5, 5.41) is 14.3. The molecule has 0 aromatic heterocycles. The van der Waals surface area contributed by atoms with Crippen molar-refractivity contribution < 1.29 is 9.90 Å². The van der Waals surface area contributed by atoms with E-state index in [1.165, 1.54) is 0 Å². The highest BCUT2D eigenvalue weighted by Gasteiger charge is 2.27. The summed E-state index contributed by atoms with van der Waals surface area (Å²) in [4.78, 5) is 21.4. The van der Waals surface area contributed by atoms with Gasteiger partial charge in [0.25, 0.3) is 0 Å². The maximum atomic E-state index is 12.5. The van der Waals surface area contributed by atoms with Crippen molar-refractivity contribution in [3.05, 3.63) is 59.9 Å². The van der Waals surface area contributed by atoms with E-state index >= 15 is 0 Å². The first-order valence-electron chi connectivity index (χ1n) is 10.4. The predicted octanol–water partition coefficient (Wildman–Crippen LogP) is 2.69. The van der Waals surface area contributed by atoms with Crippen LogP contribution < -0.4 is 5.32 Å². The number of carbonyl (C=O) groups is 1. The van der Waals surface area contributed by atoms with Crippen LogP contribution in [0.25, 0.3) is 0 Å². The fraction of sp³-hybridized carbons (Fsp3) is 0.435. The zero-order valence-electron chi connectivity index (χ0n) is 17.3. The summed E-state index contributed by atoms with van der Waals surface area (Å²) < 4.78 is 0. The van der Waals surface area contributed by atoms with Crippen molar-refractivity contribution in [3.63, 3.8) is 0 Å². The molecular formula is C23H30N4O2S. The number of benzene rings is 1. The predicted molar refractivity (Wildman–Crippen MR) is 125 cm³/mol. The molecule has 30 heavy (non-hydrogen) atoms. The zero-order valence-corrected chi connectivity index (χ0v) is 18.1. The summed E-state index contributed by atoms with van der Waals surface area (Å²) in [6.07, 6.45) is 4.26. The molecule has 0 radical (unpaired) electrons. The molecule has 0 saturated carbocycles. The van der Waals surface area contributed by atoms with Crippen molar-refractivity contribution in [2.45, 2.75) is 18.8 Å². The summed E-state index contributed by atoms with van der Waals surface area (Å²) in [6.45, 7) is 9.43. The Morgan fingerprint density at radius 1 is 1.23 bits per heavy atom. The van der Waals surface area contributed by atoms with E-state index in [2.05, 4.69) is 26.7 Å². The number of Topliss-reactive ketones (excluding diaryl/α,β-unsaturated/α-hetero) is 1. The first-order chi connectivity index (χ1) is 14.6. The van der Waals surface area contributed by atoms with E-state index in [9.17, 15) is 9.90 Å². The van der Waals surface area contributed by atoms with Crippen LogP contribution in [0.3, 0.4) is 0 Å². The van der Waals surface area contributed by atoms with Crippen molar-refractivity contribution in [3.8, 4) is 0 Å². The summed E-state index contributed by atoms with van der Waals surface area (Å²) in [5.41, 5.74) is 1.46. The highest BCUT2D eigenvalue weighted by molar-refractivity contribution is 7.80. The Labute approximate surface area is 184 Å². The molecule has 1 atom stereocenters. The summed E-state index contributed by atoms with van der Waals surface area (Å²) in [6, 6.07) is 9.89. The van der Waals surface area contributed by atoms with Crippen molar-refractivity contribution in [2.75, 3.05) is 45.8 Å². The normalized spacial score (nSPS) is 20.6. The van der Waals surface area contributed by atoms with Crippen LogP contribution in [-0.4, -0.2) is 77.8 Å². The monoisotopic (exact) mass is 426 g/mol. The minimum atomic E-state index is -0.0366. The molecule has 1 heterocycles. The van der Waals surface area contributed by atoms with Crippen molar-refractivity contribution in [2.24, 2.45) is 4.99 Å². The van der Waals surface area contributed by atoms with Gasteiger partial charge in [-0.25, -0.2) is 0 Å². The molecule has 1 fully saturated rings. The van der Waals surface area contributed by atoms with Crippen molar-refractivity contribution in [1.29, 1.82) is 0 Å². The Hall–Kier alpha value is -2.51. The van der Waals surface area contributed by atoms with E-state index in [1.807, 2.05) is 30.3 Å². The quantitative estimate of drug-likeness (QED) is 0.397. The van der Waals surface area contributed by atoms with Crippen molar-refractivity contribution in [1.82, 2.24) is 15.1 Å². The Kier molecular flexibility index (Phi) is 8.16. The molecule has 1 aliphatic carbocycles. The number of hydrogen-bond acceptors (Lipinski definition) is 5. The number of aliphatic hydroxyl groups is 1. The first-order valence-corrected chi connectivity index (χ1v) is 10.9. The Balaban J connectivity index is 1.44. The second-order valence-corrected chi connectivity index (χ2v) is 8.02. The Bertz CT molecular complexity index is 814. The van der Waals surface area contributed by atoms with Gasteiger partial charge >= 0.3 is 0 Å². The third kappa shape index (κ3) is 6.00. The molecule has 3 rings (SSSR count). The van der Waals surface area contributed by atoms with Crippen LogP contribution in [0.5, 0.6) is 0 Å². The van der Waals surface area contributed by atoms with Crippen LogP contribution >= 0.6 is 12.2 Å².